The van der Waals surface area contributed by atoms with Gasteiger partial charge in [0.05, 0.1) is 18.6 Å². The van der Waals surface area contributed by atoms with Gasteiger partial charge in [0.2, 0.25) is 0 Å². The average molecular weight is 195 g/mol. The maximum atomic E-state index is 10.3. The van der Waals surface area contributed by atoms with Gasteiger partial charge in [-0.15, -0.1) is 0 Å². The molecule has 1 aliphatic rings. The molecule has 1 atom stereocenters. The molecule has 1 N–H and O–H groups in total. The molecular formula is C7H11ClO4. The Morgan fingerprint density at radius 2 is 2.25 bits per heavy atom. The molecule has 1 rings (SSSR count). The van der Waals surface area contributed by atoms with Crippen molar-refractivity contribution in [3.63, 3.8) is 0 Å². The van der Waals surface area contributed by atoms with Crippen LogP contribution in [0, 0.1) is 5.41 Å². The van der Waals surface area contributed by atoms with E-state index < -0.39 is 16.6 Å². The minimum Gasteiger partial charge on any atom is -0.450 e. The number of ether oxygens (including phenoxy) is 2. The maximum Gasteiger partial charge on any atom is 0.507 e. The van der Waals surface area contributed by atoms with Crippen LogP contribution in [-0.4, -0.2) is 29.5 Å². The lowest BCUT2D eigenvalue weighted by Gasteiger charge is -2.46. The van der Waals surface area contributed by atoms with Gasteiger partial charge in [-0.25, -0.2) is 4.79 Å². The van der Waals surface area contributed by atoms with Gasteiger partial charge in [0.15, 0.2) is 5.06 Å². The summed E-state index contributed by atoms with van der Waals surface area (Å²) in [6, 6.07) is 0. The van der Waals surface area contributed by atoms with Crippen molar-refractivity contribution < 1.29 is 19.4 Å². The molecule has 1 aliphatic heterocycles. The Morgan fingerprint density at radius 1 is 1.75 bits per heavy atom. The molecule has 1 heterocycles. The summed E-state index contributed by atoms with van der Waals surface area (Å²) in [5, 5.41) is 7.19. The van der Waals surface area contributed by atoms with Crippen LogP contribution >= 0.6 is 11.6 Å². The standard InChI is InChI=1S/C7H11ClO4/c1-6(3-11-4-6)7(2,8)12-5(9)10/h3-4H2,1-2H3,(H,9,10). The van der Waals surface area contributed by atoms with Crippen molar-refractivity contribution in [1.82, 2.24) is 0 Å². The quantitative estimate of drug-likeness (QED) is 0.537. The van der Waals surface area contributed by atoms with E-state index in [1.54, 1.807) is 0 Å². The van der Waals surface area contributed by atoms with Gasteiger partial charge < -0.3 is 14.6 Å². The summed E-state index contributed by atoms with van der Waals surface area (Å²) in [5.74, 6) is 0. The number of alkyl halides is 1. The summed E-state index contributed by atoms with van der Waals surface area (Å²) in [6.07, 6.45) is -1.36. The summed E-state index contributed by atoms with van der Waals surface area (Å²) < 4.78 is 9.50. The highest BCUT2D eigenvalue weighted by Gasteiger charge is 2.52. The highest BCUT2D eigenvalue weighted by atomic mass is 35.5. The zero-order chi connectivity index (χ0) is 9.41. The van der Waals surface area contributed by atoms with Crippen molar-refractivity contribution in [2.45, 2.75) is 18.9 Å². The first kappa shape index (κ1) is 9.61. The van der Waals surface area contributed by atoms with Crippen LogP contribution in [0.3, 0.4) is 0 Å². The second-order valence-corrected chi connectivity index (χ2v) is 4.06. The zero-order valence-electron chi connectivity index (χ0n) is 6.96. The third kappa shape index (κ3) is 1.49. The molecule has 0 radical (unpaired) electrons. The van der Waals surface area contributed by atoms with Crippen LogP contribution in [0.15, 0.2) is 0 Å². The molecule has 0 bridgehead atoms. The normalized spacial score (nSPS) is 25.2. The number of hydrogen-bond acceptors (Lipinski definition) is 3. The van der Waals surface area contributed by atoms with E-state index in [1.165, 1.54) is 6.92 Å². The third-order valence-corrected chi connectivity index (χ3v) is 2.73. The van der Waals surface area contributed by atoms with Crippen molar-refractivity contribution in [1.29, 1.82) is 0 Å². The van der Waals surface area contributed by atoms with Gasteiger partial charge >= 0.3 is 6.16 Å². The molecule has 1 fully saturated rings. The summed E-state index contributed by atoms with van der Waals surface area (Å²) in [4.78, 5) is 10.3. The predicted octanol–water partition coefficient (Wildman–Crippen LogP) is 1.67. The Bertz CT molecular complexity index is 198. The topological polar surface area (TPSA) is 55.8 Å². The highest BCUT2D eigenvalue weighted by molar-refractivity contribution is 6.23. The monoisotopic (exact) mass is 194 g/mol. The zero-order valence-corrected chi connectivity index (χ0v) is 7.72. The molecule has 70 valence electrons. The van der Waals surface area contributed by atoms with E-state index >= 15 is 0 Å². The summed E-state index contributed by atoms with van der Waals surface area (Å²) >= 11 is 5.89. The van der Waals surface area contributed by atoms with Crippen molar-refractivity contribution in [3.05, 3.63) is 0 Å². The van der Waals surface area contributed by atoms with Gasteiger partial charge in [-0.05, 0) is 6.92 Å². The van der Waals surface area contributed by atoms with Gasteiger partial charge in [0, 0.05) is 0 Å². The van der Waals surface area contributed by atoms with Crippen LogP contribution in [0.25, 0.3) is 0 Å². The summed E-state index contributed by atoms with van der Waals surface area (Å²) in [6.45, 7) is 4.22. The second-order valence-electron chi connectivity index (χ2n) is 3.34. The fraction of sp³-hybridized carbons (Fsp3) is 0.857. The molecular weight excluding hydrogens is 184 g/mol. The van der Waals surface area contributed by atoms with Crippen LogP contribution in [-0.2, 0) is 9.47 Å². The molecule has 4 nitrogen and oxygen atoms in total. The Balaban J connectivity index is 2.63. The fourth-order valence-corrected chi connectivity index (χ4v) is 1.13. The van der Waals surface area contributed by atoms with Crippen LogP contribution in [0.5, 0.6) is 0 Å². The lowest BCUT2D eigenvalue weighted by Crippen LogP contribution is -2.55. The number of halogens is 1. The van der Waals surface area contributed by atoms with Crippen LogP contribution in [0.1, 0.15) is 13.8 Å². The van der Waals surface area contributed by atoms with E-state index in [9.17, 15) is 4.79 Å². The smallest absolute Gasteiger partial charge is 0.450 e. The van der Waals surface area contributed by atoms with E-state index in [1.807, 2.05) is 6.92 Å². The van der Waals surface area contributed by atoms with Crippen LogP contribution in [0.2, 0.25) is 0 Å². The third-order valence-electron chi connectivity index (χ3n) is 2.20. The molecule has 0 aromatic heterocycles. The number of rotatable bonds is 2. The van der Waals surface area contributed by atoms with Crippen molar-refractivity contribution >= 4 is 17.8 Å². The predicted molar refractivity (Wildman–Crippen MR) is 42.3 cm³/mol. The van der Waals surface area contributed by atoms with E-state index in [4.69, 9.17) is 21.4 Å². The number of carbonyl (C=O) groups is 1. The Labute approximate surface area is 75.4 Å². The molecule has 1 saturated heterocycles. The molecule has 0 spiro atoms. The van der Waals surface area contributed by atoms with Crippen LogP contribution < -0.4 is 0 Å². The second kappa shape index (κ2) is 2.78. The molecule has 0 saturated carbocycles. The van der Waals surface area contributed by atoms with E-state index in [0.717, 1.165) is 0 Å². The minimum atomic E-state index is -1.36. The van der Waals surface area contributed by atoms with Crippen molar-refractivity contribution in [3.8, 4) is 0 Å². The van der Waals surface area contributed by atoms with E-state index in [2.05, 4.69) is 4.74 Å². The van der Waals surface area contributed by atoms with E-state index in [-0.39, 0.29) is 0 Å². The molecule has 0 aromatic rings. The largest absolute Gasteiger partial charge is 0.507 e. The lowest BCUT2D eigenvalue weighted by molar-refractivity contribution is -0.176. The van der Waals surface area contributed by atoms with Gasteiger partial charge in [0.25, 0.3) is 0 Å². The van der Waals surface area contributed by atoms with Crippen molar-refractivity contribution in [2.24, 2.45) is 5.41 Å². The fourth-order valence-electron chi connectivity index (χ4n) is 0.953. The van der Waals surface area contributed by atoms with Gasteiger partial charge in [-0.1, -0.05) is 18.5 Å². The Morgan fingerprint density at radius 3 is 2.50 bits per heavy atom. The SMILES string of the molecule is CC1(C(C)(Cl)OC(=O)O)COC1. The van der Waals surface area contributed by atoms with Crippen LogP contribution in [0.4, 0.5) is 4.79 Å². The summed E-state index contributed by atoms with van der Waals surface area (Å²) in [7, 11) is 0. The molecule has 0 amide bonds. The Hall–Kier alpha value is -0.480. The molecule has 5 heteroatoms. The number of hydrogen-bond donors (Lipinski definition) is 1. The Kier molecular flexibility index (Phi) is 2.23. The van der Waals surface area contributed by atoms with E-state index in [0.29, 0.717) is 13.2 Å². The molecule has 0 aromatic carbocycles. The first-order valence-electron chi connectivity index (χ1n) is 3.56. The molecule has 1 unspecified atom stereocenters. The number of carboxylic acid groups (broad SMARTS) is 1. The van der Waals surface area contributed by atoms with Gasteiger partial charge in [-0.2, -0.15) is 0 Å². The van der Waals surface area contributed by atoms with Gasteiger partial charge in [-0.3, -0.25) is 0 Å². The molecule has 0 aliphatic carbocycles. The average Bonchev–Trinajstić information content (AvgIpc) is 1.79. The highest BCUT2D eigenvalue weighted by Crippen LogP contribution is 2.43. The van der Waals surface area contributed by atoms with Crippen molar-refractivity contribution in [2.75, 3.05) is 13.2 Å². The minimum absolute atomic E-state index is 0.410. The summed E-state index contributed by atoms with van der Waals surface area (Å²) in [5.41, 5.74) is -0.410. The maximum absolute atomic E-state index is 10.3. The lowest BCUT2D eigenvalue weighted by atomic mass is 9.82. The first-order valence-corrected chi connectivity index (χ1v) is 3.94. The first-order chi connectivity index (χ1) is 5.37. The van der Waals surface area contributed by atoms with Gasteiger partial charge in [0.1, 0.15) is 0 Å². The molecule has 12 heavy (non-hydrogen) atoms.